The van der Waals surface area contributed by atoms with E-state index in [-0.39, 0.29) is 0 Å². The Hall–Kier alpha value is -1.81. The number of imidazole rings is 1. The molecule has 13 heavy (non-hydrogen) atoms. The number of aromatic amines is 1. The number of carbonyl (C=O) groups excluding carboxylic acids is 1. The summed E-state index contributed by atoms with van der Waals surface area (Å²) >= 11 is 0. The fourth-order valence-electron chi connectivity index (χ4n) is 0.948. The molecular weight excluding hydrogens is 170 g/mol. The Kier molecular flexibility index (Phi) is 3.53. The fourth-order valence-corrected chi connectivity index (χ4v) is 0.948. The van der Waals surface area contributed by atoms with Crippen LogP contribution in [0.4, 0.5) is 0 Å². The van der Waals surface area contributed by atoms with Gasteiger partial charge in [0.25, 0.3) is 0 Å². The van der Waals surface area contributed by atoms with Crippen LogP contribution in [0.3, 0.4) is 0 Å². The van der Waals surface area contributed by atoms with Gasteiger partial charge in [0, 0.05) is 23.3 Å². The first kappa shape index (κ1) is 9.28. The molecule has 6 heteroatoms. The van der Waals surface area contributed by atoms with E-state index in [0.717, 1.165) is 18.5 Å². The van der Waals surface area contributed by atoms with Gasteiger partial charge in [0.1, 0.15) is 0 Å². The second-order valence-electron chi connectivity index (χ2n) is 2.47. The number of nitrogens with zero attached hydrogens (tertiary/aromatic N) is 4. The normalized spacial score (nSPS) is 9.23. The van der Waals surface area contributed by atoms with Crippen molar-refractivity contribution in [3.05, 3.63) is 28.2 Å². The van der Waals surface area contributed by atoms with Crippen LogP contribution in [0.25, 0.3) is 10.4 Å². The van der Waals surface area contributed by atoms with Crippen LogP contribution >= 0.6 is 0 Å². The average Bonchev–Trinajstić information content (AvgIpc) is 2.60. The molecule has 1 heterocycles. The van der Waals surface area contributed by atoms with E-state index in [2.05, 4.69) is 20.0 Å². The first-order chi connectivity index (χ1) is 6.36. The lowest BCUT2D eigenvalue weighted by molar-refractivity contribution is 0.111. The minimum Gasteiger partial charge on any atom is -0.340 e. The quantitative estimate of drug-likeness (QED) is 0.243. The van der Waals surface area contributed by atoms with Gasteiger partial charge in [-0.2, -0.15) is 0 Å². The van der Waals surface area contributed by atoms with Crippen molar-refractivity contribution in [3.8, 4) is 0 Å². The van der Waals surface area contributed by atoms with Crippen molar-refractivity contribution in [2.75, 3.05) is 6.54 Å². The van der Waals surface area contributed by atoms with Gasteiger partial charge < -0.3 is 4.98 Å². The maximum absolute atomic E-state index is 10.2. The van der Waals surface area contributed by atoms with Gasteiger partial charge in [-0.05, 0) is 18.4 Å². The lowest BCUT2D eigenvalue weighted by Crippen LogP contribution is -1.88. The number of aldehydes is 1. The van der Waals surface area contributed by atoms with Crippen LogP contribution in [0.2, 0.25) is 0 Å². The number of aryl methyl sites for hydroxylation is 1. The zero-order valence-electron chi connectivity index (χ0n) is 6.97. The highest BCUT2D eigenvalue weighted by molar-refractivity contribution is 5.68. The highest BCUT2D eigenvalue weighted by Crippen LogP contribution is 1.99. The number of aromatic nitrogens is 2. The summed E-state index contributed by atoms with van der Waals surface area (Å²) < 4.78 is 0. The van der Waals surface area contributed by atoms with E-state index in [0.29, 0.717) is 18.7 Å². The number of nitrogens with one attached hydrogen (secondary N) is 1. The summed E-state index contributed by atoms with van der Waals surface area (Å²) in [6.07, 6.45) is 3.77. The molecule has 0 aliphatic heterocycles. The Labute approximate surface area is 74.6 Å². The van der Waals surface area contributed by atoms with Gasteiger partial charge in [0.15, 0.2) is 12.1 Å². The molecule has 0 aromatic carbocycles. The van der Waals surface area contributed by atoms with E-state index >= 15 is 0 Å². The molecule has 0 aliphatic rings. The number of hydrogen-bond acceptors (Lipinski definition) is 3. The molecule has 0 saturated carbocycles. The Bertz CT molecular complexity index is 325. The van der Waals surface area contributed by atoms with Gasteiger partial charge in [-0.1, -0.05) is 5.11 Å². The first-order valence-electron chi connectivity index (χ1n) is 3.86. The van der Waals surface area contributed by atoms with E-state index in [1.54, 1.807) is 6.20 Å². The number of hydrogen-bond donors (Lipinski definition) is 1. The largest absolute Gasteiger partial charge is 0.340 e. The highest BCUT2D eigenvalue weighted by Gasteiger charge is 1.97. The zero-order valence-corrected chi connectivity index (χ0v) is 6.97. The Balaban J connectivity index is 2.36. The molecule has 1 aromatic rings. The predicted molar refractivity (Wildman–Crippen MR) is 46.3 cm³/mol. The van der Waals surface area contributed by atoms with Gasteiger partial charge in [-0.3, -0.25) is 4.79 Å². The zero-order chi connectivity index (χ0) is 9.52. The molecule has 0 saturated heterocycles. The van der Waals surface area contributed by atoms with Crippen LogP contribution in [0.15, 0.2) is 11.3 Å². The summed E-state index contributed by atoms with van der Waals surface area (Å²) in [6.45, 7) is 0.464. The van der Waals surface area contributed by atoms with E-state index in [1.165, 1.54) is 0 Å². The van der Waals surface area contributed by atoms with Crippen LogP contribution in [0.5, 0.6) is 0 Å². The van der Waals surface area contributed by atoms with Gasteiger partial charge >= 0.3 is 0 Å². The molecule has 0 aliphatic carbocycles. The summed E-state index contributed by atoms with van der Waals surface area (Å²) in [6, 6.07) is 0. The molecule has 6 nitrogen and oxygen atoms in total. The summed E-state index contributed by atoms with van der Waals surface area (Å²) in [5.41, 5.74) is 8.88. The van der Waals surface area contributed by atoms with E-state index in [9.17, 15) is 4.79 Å². The molecule has 0 unspecified atom stereocenters. The summed E-state index contributed by atoms with van der Waals surface area (Å²) in [5.74, 6) is 0.332. The Morgan fingerprint density at radius 3 is 3.23 bits per heavy atom. The number of rotatable bonds is 5. The molecule has 0 atom stereocenters. The summed E-state index contributed by atoms with van der Waals surface area (Å²) in [4.78, 5) is 19.5. The van der Waals surface area contributed by atoms with Crippen molar-refractivity contribution in [1.82, 2.24) is 9.97 Å². The van der Waals surface area contributed by atoms with Gasteiger partial charge in [0.05, 0.1) is 0 Å². The first-order valence-corrected chi connectivity index (χ1v) is 3.86. The molecule has 68 valence electrons. The third kappa shape index (κ3) is 2.96. The van der Waals surface area contributed by atoms with E-state index in [4.69, 9.17) is 5.53 Å². The highest BCUT2D eigenvalue weighted by atomic mass is 16.1. The summed E-state index contributed by atoms with van der Waals surface area (Å²) in [7, 11) is 0. The van der Waals surface area contributed by atoms with Gasteiger partial charge in [-0.25, -0.2) is 4.98 Å². The van der Waals surface area contributed by atoms with Crippen LogP contribution in [-0.2, 0) is 6.42 Å². The van der Waals surface area contributed by atoms with Crippen molar-refractivity contribution in [2.45, 2.75) is 12.8 Å². The maximum atomic E-state index is 10.2. The summed E-state index contributed by atoms with van der Waals surface area (Å²) in [5, 5.41) is 3.39. The predicted octanol–water partition coefficient (Wildman–Crippen LogP) is 1.47. The molecule has 0 spiro atoms. The second-order valence-corrected chi connectivity index (χ2v) is 2.47. The van der Waals surface area contributed by atoms with Gasteiger partial charge in [-0.15, -0.1) is 0 Å². The third-order valence-corrected chi connectivity index (χ3v) is 1.53. The van der Waals surface area contributed by atoms with Crippen molar-refractivity contribution >= 4 is 6.29 Å². The smallest absolute Gasteiger partial charge is 0.185 e. The molecule has 1 N–H and O–H groups in total. The lowest BCUT2D eigenvalue weighted by Gasteiger charge is -1.91. The average molecular weight is 179 g/mol. The Morgan fingerprint density at radius 2 is 2.62 bits per heavy atom. The second kappa shape index (κ2) is 4.95. The van der Waals surface area contributed by atoms with E-state index in [1.807, 2.05) is 0 Å². The molecule has 0 bridgehead atoms. The monoisotopic (exact) mass is 179 g/mol. The van der Waals surface area contributed by atoms with Crippen LogP contribution in [0, 0.1) is 0 Å². The minimum atomic E-state index is 0.332. The minimum absolute atomic E-state index is 0.332. The molecule has 0 radical (unpaired) electrons. The van der Waals surface area contributed by atoms with Crippen LogP contribution in [-0.4, -0.2) is 22.8 Å². The number of H-pyrrole nitrogens is 1. The topological polar surface area (TPSA) is 94.5 Å². The molecule has 1 aromatic heterocycles. The number of azide groups is 1. The van der Waals surface area contributed by atoms with Crippen molar-refractivity contribution in [2.24, 2.45) is 5.11 Å². The van der Waals surface area contributed by atoms with Crippen molar-refractivity contribution in [3.63, 3.8) is 0 Å². The van der Waals surface area contributed by atoms with Gasteiger partial charge in [0.2, 0.25) is 0 Å². The van der Waals surface area contributed by atoms with Crippen molar-refractivity contribution in [1.29, 1.82) is 0 Å². The SMILES string of the molecule is [N-]=[N+]=NCCCc1cnc(C=O)[nH]1. The lowest BCUT2D eigenvalue weighted by atomic mass is 10.2. The maximum Gasteiger partial charge on any atom is 0.185 e. The van der Waals surface area contributed by atoms with E-state index < -0.39 is 0 Å². The molecular formula is C7H9N5O. The Morgan fingerprint density at radius 1 is 1.77 bits per heavy atom. The standard InChI is InChI=1S/C7H9N5O/c8-12-10-3-1-2-6-4-9-7(5-13)11-6/h4-5H,1-3H2,(H,9,11). The van der Waals surface area contributed by atoms with Crippen LogP contribution in [0.1, 0.15) is 22.7 Å². The van der Waals surface area contributed by atoms with Crippen LogP contribution < -0.4 is 0 Å². The molecule has 0 amide bonds. The fraction of sp³-hybridized carbons (Fsp3) is 0.429. The molecule has 0 fully saturated rings. The van der Waals surface area contributed by atoms with Crippen molar-refractivity contribution < 1.29 is 4.79 Å². The number of carbonyl (C=O) groups is 1. The molecule has 1 rings (SSSR count). The third-order valence-electron chi connectivity index (χ3n) is 1.53.